The second-order valence-electron chi connectivity index (χ2n) is 4.45. The molecule has 16 heavy (non-hydrogen) atoms. The Kier molecular flexibility index (Phi) is 2.89. The molecule has 1 atom stereocenters. The zero-order valence-corrected chi connectivity index (χ0v) is 9.75. The minimum atomic E-state index is 0.00912. The Morgan fingerprint density at radius 2 is 2.38 bits per heavy atom. The second kappa shape index (κ2) is 4.19. The Morgan fingerprint density at radius 3 is 3.06 bits per heavy atom. The summed E-state index contributed by atoms with van der Waals surface area (Å²) in [4.78, 5) is 0. The van der Waals surface area contributed by atoms with Crippen molar-refractivity contribution in [3.63, 3.8) is 0 Å². The van der Waals surface area contributed by atoms with Gasteiger partial charge in [0.2, 0.25) is 0 Å². The van der Waals surface area contributed by atoms with Gasteiger partial charge in [-0.2, -0.15) is 0 Å². The van der Waals surface area contributed by atoms with Crippen molar-refractivity contribution in [2.24, 2.45) is 0 Å². The molecular formula is C14H16O2. The maximum Gasteiger partial charge on any atom is 0.123 e. The SMILES string of the molecule is C#Cc1ccc2c(c1)[C@@](C)(COC)CCO2. The van der Waals surface area contributed by atoms with Crippen LogP contribution in [0.1, 0.15) is 24.5 Å². The van der Waals surface area contributed by atoms with E-state index in [1.54, 1.807) is 7.11 Å². The molecule has 1 aromatic rings. The summed E-state index contributed by atoms with van der Waals surface area (Å²) in [7, 11) is 1.73. The average molecular weight is 216 g/mol. The fraction of sp³-hybridized carbons (Fsp3) is 0.429. The number of methoxy groups -OCH3 is 1. The summed E-state index contributed by atoms with van der Waals surface area (Å²) < 4.78 is 10.9. The number of ether oxygens (including phenoxy) is 2. The molecule has 1 aromatic carbocycles. The zero-order valence-electron chi connectivity index (χ0n) is 9.75. The molecule has 1 aliphatic rings. The van der Waals surface area contributed by atoms with E-state index in [-0.39, 0.29) is 5.41 Å². The molecule has 0 N–H and O–H groups in total. The number of benzene rings is 1. The van der Waals surface area contributed by atoms with Gasteiger partial charge >= 0.3 is 0 Å². The summed E-state index contributed by atoms with van der Waals surface area (Å²) in [6, 6.07) is 5.91. The van der Waals surface area contributed by atoms with Gasteiger partial charge < -0.3 is 9.47 Å². The molecule has 0 radical (unpaired) electrons. The molecule has 0 bridgehead atoms. The topological polar surface area (TPSA) is 18.5 Å². The summed E-state index contributed by atoms with van der Waals surface area (Å²) in [5.41, 5.74) is 2.07. The summed E-state index contributed by atoms with van der Waals surface area (Å²) in [5, 5.41) is 0. The fourth-order valence-electron chi connectivity index (χ4n) is 2.21. The van der Waals surface area contributed by atoms with Crippen LogP contribution >= 0.6 is 0 Å². The van der Waals surface area contributed by atoms with Crippen molar-refractivity contribution >= 4 is 0 Å². The number of fused-ring (bicyclic) bond motifs is 1. The summed E-state index contributed by atoms with van der Waals surface area (Å²) in [6.07, 6.45) is 6.38. The predicted molar refractivity (Wildman–Crippen MR) is 63.7 cm³/mol. The molecule has 84 valence electrons. The van der Waals surface area contributed by atoms with Crippen molar-refractivity contribution in [3.05, 3.63) is 29.3 Å². The summed E-state index contributed by atoms with van der Waals surface area (Å²) in [6.45, 7) is 3.62. The van der Waals surface area contributed by atoms with Crippen molar-refractivity contribution < 1.29 is 9.47 Å². The van der Waals surface area contributed by atoms with E-state index in [0.717, 1.165) is 29.9 Å². The van der Waals surface area contributed by atoms with Gasteiger partial charge in [0.05, 0.1) is 13.2 Å². The van der Waals surface area contributed by atoms with Crippen LogP contribution in [-0.4, -0.2) is 20.3 Å². The van der Waals surface area contributed by atoms with Crippen molar-refractivity contribution in [1.29, 1.82) is 0 Å². The fourth-order valence-corrected chi connectivity index (χ4v) is 2.21. The Morgan fingerprint density at radius 1 is 1.56 bits per heavy atom. The van der Waals surface area contributed by atoms with Crippen LogP contribution in [0.2, 0.25) is 0 Å². The number of hydrogen-bond acceptors (Lipinski definition) is 2. The Labute approximate surface area is 96.6 Å². The van der Waals surface area contributed by atoms with Crippen LogP contribution in [0, 0.1) is 12.3 Å². The van der Waals surface area contributed by atoms with Crippen LogP contribution in [-0.2, 0) is 10.2 Å². The van der Waals surface area contributed by atoms with Gasteiger partial charge in [-0.1, -0.05) is 12.8 Å². The zero-order chi connectivity index (χ0) is 11.6. The van der Waals surface area contributed by atoms with E-state index in [9.17, 15) is 0 Å². The summed E-state index contributed by atoms with van der Waals surface area (Å²) >= 11 is 0. The summed E-state index contributed by atoms with van der Waals surface area (Å²) in [5.74, 6) is 3.60. The van der Waals surface area contributed by atoms with Crippen LogP contribution in [0.3, 0.4) is 0 Å². The predicted octanol–water partition coefficient (Wildman–Crippen LogP) is 2.35. The van der Waals surface area contributed by atoms with Gasteiger partial charge in [-0.15, -0.1) is 6.42 Å². The van der Waals surface area contributed by atoms with E-state index in [1.165, 1.54) is 0 Å². The third-order valence-electron chi connectivity index (χ3n) is 3.17. The lowest BCUT2D eigenvalue weighted by Gasteiger charge is -2.35. The molecule has 0 saturated carbocycles. The van der Waals surface area contributed by atoms with Crippen LogP contribution in [0.15, 0.2) is 18.2 Å². The second-order valence-corrected chi connectivity index (χ2v) is 4.45. The maximum absolute atomic E-state index is 5.64. The highest BCUT2D eigenvalue weighted by atomic mass is 16.5. The lowest BCUT2D eigenvalue weighted by Crippen LogP contribution is -2.34. The van der Waals surface area contributed by atoms with Crippen molar-refractivity contribution in [2.45, 2.75) is 18.8 Å². The minimum Gasteiger partial charge on any atom is -0.493 e. The van der Waals surface area contributed by atoms with Gasteiger partial charge in [0.1, 0.15) is 5.75 Å². The van der Waals surface area contributed by atoms with Crippen molar-refractivity contribution in [1.82, 2.24) is 0 Å². The minimum absolute atomic E-state index is 0.00912. The average Bonchev–Trinajstić information content (AvgIpc) is 2.29. The first-order chi connectivity index (χ1) is 7.69. The largest absolute Gasteiger partial charge is 0.493 e. The molecule has 0 aliphatic carbocycles. The number of hydrogen-bond donors (Lipinski definition) is 0. The molecule has 0 unspecified atom stereocenters. The molecule has 1 heterocycles. The number of terminal acetylenes is 1. The number of rotatable bonds is 2. The van der Waals surface area contributed by atoms with E-state index >= 15 is 0 Å². The van der Waals surface area contributed by atoms with Crippen molar-refractivity contribution in [3.8, 4) is 18.1 Å². The van der Waals surface area contributed by atoms with Gasteiger partial charge in [0, 0.05) is 23.7 Å². The Hall–Kier alpha value is -1.46. The van der Waals surface area contributed by atoms with Crippen LogP contribution in [0.25, 0.3) is 0 Å². The van der Waals surface area contributed by atoms with E-state index in [1.807, 2.05) is 18.2 Å². The van der Waals surface area contributed by atoms with Crippen molar-refractivity contribution in [2.75, 3.05) is 20.3 Å². The molecule has 0 fully saturated rings. The monoisotopic (exact) mass is 216 g/mol. The molecule has 0 saturated heterocycles. The molecule has 0 spiro atoms. The van der Waals surface area contributed by atoms with Crippen LogP contribution < -0.4 is 4.74 Å². The molecular weight excluding hydrogens is 200 g/mol. The molecule has 1 aliphatic heterocycles. The Balaban J connectivity index is 2.47. The molecule has 2 nitrogen and oxygen atoms in total. The molecule has 0 amide bonds. The lowest BCUT2D eigenvalue weighted by atomic mass is 9.78. The smallest absolute Gasteiger partial charge is 0.123 e. The molecule has 2 heteroatoms. The highest BCUT2D eigenvalue weighted by molar-refractivity contribution is 5.48. The van der Waals surface area contributed by atoms with E-state index in [0.29, 0.717) is 6.61 Å². The standard InChI is InChI=1S/C14H16O2/c1-4-11-5-6-13-12(9-11)14(2,10-15-3)7-8-16-13/h1,5-6,9H,7-8,10H2,2-3H3/t14-/m1/s1. The quantitative estimate of drug-likeness (QED) is 0.706. The van der Waals surface area contributed by atoms with E-state index < -0.39 is 0 Å². The first-order valence-electron chi connectivity index (χ1n) is 5.42. The van der Waals surface area contributed by atoms with Gasteiger partial charge in [-0.3, -0.25) is 0 Å². The van der Waals surface area contributed by atoms with Gasteiger partial charge in [0.15, 0.2) is 0 Å². The maximum atomic E-state index is 5.64. The Bertz CT molecular complexity index is 431. The molecule has 2 rings (SSSR count). The van der Waals surface area contributed by atoms with Gasteiger partial charge in [-0.25, -0.2) is 0 Å². The highest BCUT2D eigenvalue weighted by Gasteiger charge is 2.33. The first-order valence-corrected chi connectivity index (χ1v) is 5.42. The van der Waals surface area contributed by atoms with Gasteiger partial charge in [0.25, 0.3) is 0 Å². The lowest BCUT2D eigenvalue weighted by molar-refractivity contribution is 0.106. The normalized spacial score (nSPS) is 23.1. The third-order valence-corrected chi connectivity index (χ3v) is 3.17. The molecule has 0 aromatic heterocycles. The highest BCUT2D eigenvalue weighted by Crippen LogP contribution is 2.39. The van der Waals surface area contributed by atoms with E-state index in [2.05, 4.69) is 12.8 Å². The first kappa shape index (κ1) is 11.0. The van der Waals surface area contributed by atoms with Crippen LogP contribution in [0.4, 0.5) is 0 Å². The van der Waals surface area contributed by atoms with E-state index in [4.69, 9.17) is 15.9 Å². The van der Waals surface area contributed by atoms with Gasteiger partial charge in [-0.05, 0) is 24.6 Å². The van der Waals surface area contributed by atoms with Crippen LogP contribution in [0.5, 0.6) is 5.75 Å². The third kappa shape index (κ3) is 1.79.